The Balaban J connectivity index is 1.74. The highest BCUT2D eigenvalue weighted by Gasteiger charge is 2.41. The monoisotopic (exact) mass is 425 g/mol. The fourth-order valence-corrected chi connectivity index (χ4v) is 6.49. The van der Waals surface area contributed by atoms with Crippen molar-refractivity contribution in [1.29, 1.82) is 0 Å². The highest BCUT2D eigenvalue weighted by atomic mass is 32.2. The van der Waals surface area contributed by atoms with Crippen molar-refractivity contribution in [2.45, 2.75) is 58.4 Å². The topological polar surface area (TPSA) is 76.3 Å². The molecule has 2 heterocycles. The van der Waals surface area contributed by atoms with Gasteiger partial charge >= 0.3 is 0 Å². The van der Waals surface area contributed by atoms with Gasteiger partial charge in [0.2, 0.25) is 21.7 Å². The van der Waals surface area contributed by atoms with Crippen molar-refractivity contribution in [2.24, 2.45) is 0 Å². The summed E-state index contributed by atoms with van der Waals surface area (Å²) in [6, 6.07) is 9.41. The maximum Gasteiger partial charge on any atom is 0.245 e. The van der Waals surface area contributed by atoms with Crippen molar-refractivity contribution < 1.29 is 12.9 Å². The quantitative estimate of drug-likeness (QED) is 0.600. The van der Waals surface area contributed by atoms with Gasteiger partial charge in [0.15, 0.2) is 0 Å². The van der Waals surface area contributed by atoms with E-state index < -0.39 is 16.1 Å². The minimum absolute atomic E-state index is 0.356. The van der Waals surface area contributed by atoms with E-state index >= 15 is 0 Å². The fraction of sp³-hybridized carbons (Fsp3) is 0.391. The van der Waals surface area contributed by atoms with Crippen LogP contribution >= 0.6 is 0 Å². The predicted molar refractivity (Wildman–Crippen MR) is 116 cm³/mol. The Morgan fingerprint density at radius 3 is 2.33 bits per heavy atom. The zero-order valence-corrected chi connectivity index (χ0v) is 18.9. The first-order chi connectivity index (χ1) is 14.2. The van der Waals surface area contributed by atoms with Gasteiger partial charge in [-0.1, -0.05) is 35.5 Å². The standard InChI is InChI=1S/C23H27N3O3S/c1-14-9-6-7-10-19(14)22-24-23(29-25-22)20-11-8-12-26(20)30(27,28)21-17(4)15(2)13-16(3)18(21)5/h6-7,9-10,13,20H,8,11-12H2,1-5H3/t20-/m1/s1. The molecule has 2 aromatic carbocycles. The lowest BCUT2D eigenvalue weighted by molar-refractivity contribution is 0.290. The second-order valence-electron chi connectivity index (χ2n) is 8.13. The van der Waals surface area contributed by atoms with Gasteiger partial charge in [-0.3, -0.25) is 0 Å². The van der Waals surface area contributed by atoms with Crippen LogP contribution in [0, 0.1) is 34.6 Å². The lowest BCUT2D eigenvalue weighted by atomic mass is 10.0. The molecule has 0 bridgehead atoms. The first-order valence-electron chi connectivity index (χ1n) is 10.2. The van der Waals surface area contributed by atoms with Crippen molar-refractivity contribution >= 4 is 10.0 Å². The van der Waals surface area contributed by atoms with Crippen LogP contribution < -0.4 is 0 Å². The summed E-state index contributed by atoms with van der Waals surface area (Å²) in [4.78, 5) is 4.98. The van der Waals surface area contributed by atoms with Crippen molar-refractivity contribution in [3.8, 4) is 11.4 Å². The molecule has 4 rings (SSSR count). The van der Waals surface area contributed by atoms with Gasteiger partial charge in [-0.25, -0.2) is 8.42 Å². The maximum absolute atomic E-state index is 13.7. The number of nitrogens with zero attached hydrogens (tertiary/aromatic N) is 3. The summed E-state index contributed by atoms with van der Waals surface area (Å²) in [6.45, 7) is 10.1. The molecule has 1 fully saturated rings. The first-order valence-corrected chi connectivity index (χ1v) is 11.6. The van der Waals surface area contributed by atoms with E-state index in [4.69, 9.17) is 4.52 Å². The molecule has 1 saturated heterocycles. The largest absolute Gasteiger partial charge is 0.337 e. The van der Waals surface area contributed by atoms with Crippen LogP contribution in [0.4, 0.5) is 0 Å². The van der Waals surface area contributed by atoms with Gasteiger partial charge in [0.1, 0.15) is 6.04 Å². The Morgan fingerprint density at radius 1 is 1.00 bits per heavy atom. The molecule has 1 aromatic heterocycles. The number of benzene rings is 2. The van der Waals surface area contributed by atoms with Crippen LogP contribution in [0.3, 0.4) is 0 Å². The predicted octanol–water partition coefficient (Wildman–Crippen LogP) is 4.80. The fourth-order valence-electron chi connectivity index (χ4n) is 4.26. The molecule has 0 spiro atoms. The van der Waals surface area contributed by atoms with Crippen LogP contribution in [0.15, 0.2) is 39.8 Å². The summed E-state index contributed by atoms with van der Waals surface area (Å²) < 4.78 is 34.6. The van der Waals surface area contributed by atoms with E-state index in [2.05, 4.69) is 10.1 Å². The van der Waals surface area contributed by atoms with E-state index in [1.165, 1.54) is 4.31 Å². The van der Waals surface area contributed by atoms with E-state index in [0.29, 0.717) is 29.6 Å². The summed E-state index contributed by atoms with van der Waals surface area (Å²) in [5.41, 5.74) is 5.49. The van der Waals surface area contributed by atoms with Crippen LogP contribution in [0.25, 0.3) is 11.4 Å². The van der Waals surface area contributed by atoms with E-state index in [9.17, 15) is 8.42 Å². The van der Waals surface area contributed by atoms with Crippen LogP contribution in [0.1, 0.15) is 52.6 Å². The third-order valence-electron chi connectivity index (χ3n) is 6.18. The van der Waals surface area contributed by atoms with Crippen LogP contribution in [0.5, 0.6) is 0 Å². The van der Waals surface area contributed by atoms with Crippen LogP contribution in [0.2, 0.25) is 0 Å². The SMILES string of the molecule is Cc1ccccc1-c1noc([C@H]2CCCN2S(=O)(=O)c2c(C)c(C)cc(C)c2C)n1. The lowest BCUT2D eigenvalue weighted by Gasteiger charge is -2.25. The van der Waals surface area contributed by atoms with Crippen LogP contribution in [-0.2, 0) is 10.0 Å². The van der Waals surface area contributed by atoms with Gasteiger partial charge in [0.05, 0.1) is 4.90 Å². The highest BCUT2D eigenvalue weighted by molar-refractivity contribution is 7.89. The van der Waals surface area contributed by atoms with E-state index in [1.807, 2.05) is 65.0 Å². The van der Waals surface area contributed by atoms with E-state index in [0.717, 1.165) is 39.8 Å². The van der Waals surface area contributed by atoms with Gasteiger partial charge in [-0.05, 0) is 75.3 Å². The summed E-state index contributed by atoms with van der Waals surface area (Å²) >= 11 is 0. The average Bonchev–Trinajstić information content (AvgIpc) is 3.36. The molecule has 30 heavy (non-hydrogen) atoms. The number of aryl methyl sites for hydroxylation is 3. The first kappa shape index (κ1) is 20.8. The second kappa shape index (κ2) is 7.63. The Kier molecular flexibility index (Phi) is 5.28. The molecule has 0 saturated carbocycles. The van der Waals surface area contributed by atoms with Crippen molar-refractivity contribution in [3.05, 3.63) is 64.0 Å². The number of rotatable bonds is 4. The Bertz CT molecular complexity index is 1190. The molecule has 0 amide bonds. The molecule has 1 atom stereocenters. The van der Waals surface area contributed by atoms with Gasteiger partial charge in [0.25, 0.3) is 0 Å². The summed E-state index contributed by atoms with van der Waals surface area (Å²) in [5, 5.41) is 4.14. The molecule has 1 aliphatic heterocycles. The number of hydrogen-bond acceptors (Lipinski definition) is 5. The summed E-state index contributed by atoms with van der Waals surface area (Å²) in [6.07, 6.45) is 1.42. The Morgan fingerprint density at radius 2 is 1.67 bits per heavy atom. The van der Waals surface area contributed by atoms with Crippen LogP contribution in [-0.4, -0.2) is 29.4 Å². The normalized spacial score (nSPS) is 17.6. The molecule has 0 unspecified atom stereocenters. The minimum atomic E-state index is -3.70. The lowest BCUT2D eigenvalue weighted by Crippen LogP contribution is -2.32. The Labute approximate surface area is 178 Å². The molecule has 0 radical (unpaired) electrons. The van der Waals surface area contributed by atoms with Gasteiger partial charge in [-0.2, -0.15) is 9.29 Å². The molecular weight excluding hydrogens is 398 g/mol. The third kappa shape index (κ3) is 3.36. The zero-order valence-electron chi connectivity index (χ0n) is 18.1. The molecule has 6 nitrogen and oxygen atoms in total. The van der Waals surface area contributed by atoms with Gasteiger partial charge < -0.3 is 4.52 Å². The second-order valence-corrected chi connectivity index (χ2v) is 9.96. The smallest absolute Gasteiger partial charge is 0.245 e. The van der Waals surface area contributed by atoms with E-state index in [-0.39, 0.29) is 0 Å². The highest BCUT2D eigenvalue weighted by Crippen LogP contribution is 2.39. The number of sulfonamides is 1. The van der Waals surface area contributed by atoms with Crippen molar-refractivity contribution in [2.75, 3.05) is 6.54 Å². The average molecular weight is 426 g/mol. The molecule has 0 N–H and O–H groups in total. The van der Waals surface area contributed by atoms with E-state index in [1.54, 1.807) is 0 Å². The molecule has 1 aliphatic rings. The molecule has 158 valence electrons. The van der Waals surface area contributed by atoms with Gasteiger partial charge in [-0.15, -0.1) is 0 Å². The van der Waals surface area contributed by atoms with Gasteiger partial charge in [0, 0.05) is 12.1 Å². The third-order valence-corrected chi connectivity index (χ3v) is 8.36. The molecule has 7 heteroatoms. The molecular formula is C23H27N3O3S. The summed E-state index contributed by atoms with van der Waals surface area (Å²) in [5.74, 6) is 0.847. The number of hydrogen-bond donors (Lipinski definition) is 0. The van der Waals surface area contributed by atoms with Crippen molar-refractivity contribution in [1.82, 2.24) is 14.4 Å². The zero-order chi connectivity index (χ0) is 21.6. The molecule has 0 aliphatic carbocycles. The maximum atomic E-state index is 13.7. The molecule has 3 aromatic rings. The number of aromatic nitrogens is 2. The van der Waals surface area contributed by atoms with Crippen molar-refractivity contribution in [3.63, 3.8) is 0 Å². The minimum Gasteiger partial charge on any atom is -0.337 e. The Hall–Kier alpha value is -2.51. The summed E-state index contributed by atoms with van der Waals surface area (Å²) in [7, 11) is -3.70.